The zero-order chi connectivity index (χ0) is 12.1. The Morgan fingerprint density at radius 3 is 2.82 bits per heavy atom. The molecule has 0 saturated carbocycles. The van der Waals surface area contributed by atoms with Gasteiger partial charge in [0.2, 0.25) is 5.95 Å². The van der Waals surface area contributed by atoms with E-state index in [0.717, 1.165) is 11.8 Å². The first kappa shape index (κ1) is 11.3. The van der Waals surface area contributed by atoms with Gasteiger partial charge in [0, 0.05) is 5.02 Å². The third-order valence-electron chi connectivity index (χ3n) is 1.83. The first-order valence-corrected chi connectivity index (χ1v) is 5.08. The summed E-state index contributed by atoms with van der Waals surface area (Å²) < 4.78 is 0. The average molecular weight is 250 g/mol. The predicted octanol–water partition coefficient (Wildman–Crippen LogP) is 1.26. The Morgan fingerprint density at radius 2 is 2.12 bits per heavy atom. The lowest BCUT2D eigenvalue weighted by atomic mass is 10.2. The van der Waals surface area contributed by atoms with Crippen molar-refractivity contribution in [3.05, 3.63) is 51.4 Å². The monoisotopic (exact) mass is 249 g/mol. The number of hydrogen-bond acceptors (Lipinski definition) is 5. The van der Waals surface area contributed by atoms with E-state index in [-0.39, 0.29) is 11.5 Å². The van der Waals surface area contributed by atoms with Crippen molar-refractivity contribution in [2.24, 2.45) is 5.10 Å². The number of halogens is 1. The van der Waals surface area contributed by atoms with E-state index in [1.165, 1.54) is 0 Å². The Labute approximate surface area is 101 Å². The van der Waals surface area contributed by atoms with Gasteiger partial charge in [-0.25, -0.2) is 5.43 Å². The third-order valence-corrected chi connectivity index (χ3v) is 2.08. The zero-order valence-corrected chi connectivity index (χ0v) is 9.35. The Morgan fingerprint density at radius 1 is 1.35 bits per heavy atom. The van der Waals surface area contributed by atoms with E-state index < -0.39 is 0 Å². The maximum absolute atomic E-state index is 10.9. The average Bonchev–Trinajstić information content (AvgIpc) is 2.32. The molecule has 0 unspecified atom stereocenters. The maximum atomic E-state index is 10.9. The zero-order valence-electron chi connectivity index (χ0n) is 8.59. The molecule has 0 fully saturated rings. The fourth-order valence-electron chi connectivity index (χ4n) is 1.08. The van der Waals surface area contributed by atoms with Crippen LogP contribution in [0.15, 0.2) is 40.4 Å². The molecular weight excluding hydrogens is 242 g/mol. The van der Waals surface area contributed by atoms with Gasteiger partial charge < -0.3 is 0 Å². The van der Waals surface area contributed by atoms with Gasteiger partial charge in [0.05, 0.1) is 6.21 Å². The molecule has 0 saturated heterocycles. The second kappa shape index (κ2) is 5.22. The van der Waals surface area contributed by atoms with Crippen LogP contribution < -0.4 is 11.0 Å². The number of aromatic nitrogens is 3. The number of hydrogen-bond donors (Lipinski definition) is 2. The second-order valence-corrected chi connectivity index (χ2v) is 3.54. The Balaban J connectivity index is 2.02. The van der Waals surface area contributed by atoms with Crippen molar-refractivity contribution in [1.82, 2.24) is 15.2 Å². The smallest absolute Gasteiger partial charge is 0.271 e. The highest BCUT2D eigenvalue weighted by Crippen LogP contribution is 2.07. The molecule has 1 aromatic carbocycles. The highest BCUT2D eigenvalue weighted by Gasteiger charge is 1.92. The SMILES string of the molecule is O=c1cnnc(NN=Cc2ccc(Cl)cc2)[nH]1. The standard InChI is InChI=1S/C10H8ClN5O/c11-8-3-1-7(2-4-8)5-12-15-10-14-9(17)6-13-16-10/h1-6H,(H2,14,15,16,17). The molecule has 86 valence electrons. The summed E-state index contributed by atoms with van der Waals surface area (Å²) in [6.07, 6.45) is 2.65. The van der Waals surface area contributed by atoms with Crippen LogP contribution in [0.2, 0.25) is 5.02 Å². The molecule has 2 rings (SSSR count). The molecule has 0 aliphatic heterocycles. The predicted molar refractivity (Wildman–Crippen MR) is 65.3 cm³/mol. The van der Waals surface area contributed by atoms with E-state index in [4.69, 9.17) is 11.6 Å². The van der Waals surface area contributed by atoms with Crippen LogP contribution in [0.25, 0.3) is 0 Å². The largest absolute Gasteiger partial charge is 0.289 e. The van der Waals surface area contributed by atoms with E-state index in [1.54, 1.807) is 18.3 Å². The lowest BCUT2D eigenvalue weighted by Crippen LogP contribution is -2.10. The van der Waals surface area contributed by atoms with E-state index in [1.807, 2.05) is 12.1 Å². The molecule has 7 heteroatoms. The lowest BCUT2D eigenvalue weighted by molar-refractivity contribution is 0.939. The van der Waals surface area contributed by atoms with Crippen LogP contribution in [0.3, 0.4) is 0 Å². The van der Waals surface area contributed by atoms with Crippen molar-refractivity contribution in [3.63, 3.8) is 0 Å². The third kappa shape index (κ3) is 3.39. The number of benzene rings is 1. The van der Waals surface area contributed by atoms with Gasteiger partial charge in [-0.15, -0.1) is 10.2 Å². The Bertz CT molecular complexity index is 578. The van der Waals surface area contributed by atoms with Gasteiger partial charge in [-0.05, 0) is 17.7 Å². The summed E-state index contributed by atoms with van der Waals surface area (Å²) in [7, 11) is 0. The minimum absolute atomic E-state index is 0.183. The van der Waals surface area contributed by atoms with Crippen LogP contribution in [0.1, 0.15) is 5.56 Å². The van der Waals surface area contributed by atoms with Gasteiger partial charge in [-0.1, -0.05) is 23.7 Å². The molecule has 1 aromatic heterocycles. The van der Waals surface area contributed by atoms with E-state index >= 15 is 0 Å². The quantitative estimate of drug-likeness (QED) is 0.634. The minimum Gasteiger partial charge on any atom is -0.289 e. The van der Waals surface area contributed by atoms with Crippen LogP contribution in [0.4, 0.5) is 5.95 Å². The summed E-state index contributed by atoms with van der Waals surface area (Å²) in [6.45, 7) is 0. The van der Waals surface area contributed by atoms with Crippen molar-refractivity contribution < 1.29 is 0 Å². The Hall–Kier alpha value is -2.21. The topological polar surface area (TPSA) is 83.0 Å². The summed E-state index contributed by atoms with van der Waals surface area (Å²) in [4.78, 5) is 13.3. The highest BCUT2D eigenvalue weighted by molar-refractivity contribution is 6.30. The van der Waals surface area contributed by atoms with Crippen LogP contribution in [0.5, 0.6) is 0 Å². The van der Waals surface area contributed by atoms with E-state index in [0.29, 0.717) is 5.02 Å². The molecule has 17 heavy (non-hydrogen) atoms. The number of aromatic amines is 1. The first-order chi connectivity index (χ1) is 8.24. The van der Waals surface area contributed by atoms with Crippen molar-refractivity contribution in [3.8, 4) is 0 Å². The van der Waals surface area contributed by atoms with E-state index in [2.05, 4.69) is 25.7 Å². The summed E-state index contributed by atoms with van der Waals surface area (Å²) in [6, 6.07) is 7.14. The number of nitrogens with one attached hydrogen (secondary N) is 2. The molecule has 0 atom stereocenters. The second-order valence-electron chi connectivity index (χ2n) is 3.10. The summed E-state index contributed by atoms with van der Waals surface area (Å²) in [5, 5.41) is 11.7. The number of hydrazone groups is 1. The van der Waals surface area contributed by atoms with Crippen LogP contribution in [-0.4, -0.2) is 21.4 Å². The van der Waals surface area contributed by atoms with Crippen molar-refractivity contribution in [2.45, 2.75) is 0 Å². The molecule has 1 heterocycles. The molecule has 0 aliphatic rings. The number of nitrogens with zero attached hydrogens (tertiary/aromatic N) is 3. The van der Waals surface area contributed by atoms with Gasteiger partial charge in [0.1, 0.15) is 6.20 Å². The van der Waals surface area contributed by atoms with Gasteiger partial charge >= 0.3 is 0 Å². The molecule has 6 nitrogen and oxygen atoms in total. The fourth-order valence-corrected chi connectivity index (χ4v) is 1.21. The Kier molecular flexibility index (Phi) is 3.46. The fraction of sp³-hybridized carbons (Fsp3) is 0. The maximum Gasteiger partial charge on any atom is 0.271 e. The number of rotatable bonds is 3. The van der Waals surface area contributed by atoms with Crippen LogP contribution in [0, 0.1) is 0 Å². The van der Waals surface area contributed by atoms with Crippen LogP contribution in [-0.2, 0) is 0 Å². The molecule has 2 aromatic rings. The summed E-state index contributed by atoms with van der Waals surface area (Å²) in [5.41, 5.74) is 3.08. The normalized spacial score (nSPS) is 10.6. The van der Waals surface area contributed by atoms with Gasteiger partial charge in [0.15, 0.2) is 0 Å². The molecule has 2 N–H and O–H groups in total. The van der Waals surface area contributed by atoms with Crippen molar-refractivity contribution in [1.29, 1.82) is 0 Å². The first-order valence-electron chi connectivity index (χ1n) is 4.71. The van der Waals surface area contributed by atoms with Gasteiger partial charge in [0.25, 0.3) is 5.56 Å². The van der Waals surface area contributed by atoms with Crippen LogP contribution >= 0.6 is 11.6 Å². The molecule has 0 aliphatic carbocycles. The summed E-state index contributed by atoms with van der Waals surface area (Å²) >= 11 is 5.74. The van der Waals surface area contributed by atoms with Crippen molar-refractivity contribution >= 4 is 23.8 Å². The number of anilines is 1. The van der Waals surface area contributed by atoms with E-state index in [9.17, 15) is 4.79 Å². The lowest BCUT2D eigenvalue weighted by Gasteiger charge is -1.96. The van der Waals surface area contributed by atoms with Crippen molar-refractivity contribution in [2.75, 3.05) is 5.43 Å². The molecule has 0 bridgehead atoms. The molecule has 0 radical (unpaired) electrons. The summed E-state index contributed by atoms with van der Waals surface area (Å²) in [5.74, 6) is 0.183. The molecule has 0 spiro atoms. The minimum atomic E-state index is -0.343. The molecule has 0 amide bonds. The number of H-pyrrole nitrogens is 1. The molecular formula is C10H8ClN5O. The highest BCUT2D eigenvalue weighted by atomic mass is 35.5. The van der Waals surface area contributed by atoms with Gasteiger partial charge in [-0.2, -0.15) is 5.10 Å². The van der Waals surface area contributed by atoms with Gasteiger partial charge in [-0.3, -0.25) is 9.78 Å².